The Bertz CT molecular complexity index is 747. The molecule has 0 aliphatic carbocycles. The fraction of sp³-hybridized carbons (Fsp3) is 0.0833. The lowest BCUT2D eigenvalue weighted by molar-refractivity contribution is 0.411. The van der Waals surface area contributed by atoms with Crippen LogP contribution in [0.5, 0.6) is 0 Å². The Balaban J connectivity index is 2.02. The van der Waals surface area contributed by atoms with Gasteiger partial charge >= 0.3 is 0 Å². The van der Waals surface area contributed by atoms with Crippen molar-refractivity contribution >= 4 is 16.6 Å². The summed E-state index contributed by atoms with van der Waals surface area (Å²) in [6.07, 6.45) is 1.26. The topological polar surface area (TPSA) is 101 Å². The number of rotatable bonds is 3. The van der Waals surface area contributed by atoms with E-state index in [-0.39, 0.29) is 5.69 Å². The number of benzene rings is 1. The number of nitrogens with one attached hydrogen (secondary N) is 1. The van der Waals surface area contributed by atoms with Crippen molar-refractivity contribution in [2.75, 3.05) is 5.32 Å². The largest absolute Gasteiger partial charge is 0.375 e. The van der Waals surface area contributed by atoms with Gasteiger partial charge in [0.15, 0.2) is 11.5 Å². The highest BCUT2D eigenvalue weighted by Gasteiger charge is 2.10. The van der Waals surface area contributed by atoms with Crippen LogP contribution in [0.3, 0.4) is 0 Å². The molecule has 1 N–H and O–H groups in total. The van der Waals surface area contributed by atoms with Crippen molar-refractivity contribution in [3.05, 3.63) is 42.2 Å². The van der Waals surface area contributed by atoms with E-state index in [0.29, 0.717) is 18.1 Å². The zero-order valence-corrected chi connectivity index (χ0v) is 9.74. The molecule has 0 radical (unpaired) electrons. The first-order valence-corrected chi connectivity index (χ1v) is 5.53. The Morgan fingerprint density at radius 3 is 2.95 bits per heavy atom. The van der Waals surface area contributed by atoms with Gasteiger partial charge in [-0.05, 0) is 6.07 Å². The van der Waals surface area contributed by atoms with Crippen LogP contribution in [0.15, 0.2) is 35.2 Å². The van der Waals surface area contributed by atoms with E-state index in [9.17, 15) is 0 Å². The molecule has 92 valence electrons. The lowest BCUT2D eigenvalue weighted by Gasteiger charge is -2.08. The van der Waals surface area contributed by atoms with Gasteiger partial charge in [0.2, 0.25) is 6.39 Å². The van der Waals surface area contributed by atoms with Crippen LogP contribution in [0.4, 0.5) is 5.69 Å². The number of aromatic nitrogens is 4. The third kappa shape index (κ3) is 2.07. The van der Waals surface area contributed by atoms with Gasteiger partial charge in [-0.1, -0.05) is 23.4 Å². The van der Waals surface area contributed by atoms with Gasteiger partial charge in [0, 0.05) is 5.39 Å². The second kappa shape index (κ2) is 4.70. The predicted molar refractivity (Wildman–Crippen MR) is 65.9 cm³/mol. The van der Waals surface area contributed by atoms with Crippen LogP contribution in [-0.2, 0) is 6.54 Å². The first kappa shape index (κ1) is 11.1. The molecule has 2 heterocycles. The summed E-state index contributed by atoms with van der Waals surface area (Å²) in [5.74, 6) is 0.504. The Morgan fingerprint density at radius 1 is 1.26 bits per heavy atom. The van der Waals surface area contributed by atoms with E-state index >= 15 is 0 Å². The fourth-order valence-electron chi connectivity index (χ4n) is 1.75. The molecule has 0 aliphatic rings. The van der Waals surface area contributed by atoms with Gasteiger partial charge in [-0.15, -0.1) is 10.2 Å². The van der Waals surface area contributed by atoms with Crippen molar-refractivity contribution in [2.24, 2.45) is 0 Å². The summed E-state index contributed by atoms with van der Waals surface area (Å²) < 4.78 is 4.65. The molecule has 2 aromatic heterocycles. The van der Waals surface area contributed by atoms with Crippen LogP contribution in [0.1, 0.15) is 11.5 Å². The molecule has 0 unspecified atom stereocenters. The van der Waals surface area contributed by atoms with Crippen LogP contribution < -0.4 is 5.32 Å². The highest BCUT2D eigenvalue weighted by molar-refractivity contribution is 5.92. The molecule has 19 heavy (non-hydrogen) atoms. The minimum atomic E-state index is 0.238. The van der Waals surface area contributed by atoms with Crippen molar-refractivity contribution in [3.63, 3.8) is 0 Å². The second-order valence-corrected chi connectivity index (χ2v) is 3.75. The number of nitriles is 1. The number of hydrogen-bond acceptors (Lipinski definition) is 7. The molecule has 1 aromatic carbocycles. The van der Waals surface area contributed by atoms with Crippen molar-refractivity contribution in [3.8, 4) is 6.07 Å². The Labute approximate surface area is 107 Å². The average Bonchev–Trinajstić information content (AvgIpc) is 2.97. The summed E-state index contributed by atoms with van der Waals surface area (Å²) in [5, 5.41) is 24.6. The van der Waals surface area contributed by atoms with Gasteiger partial charge in [0.05, 0.1) is 17.7 Å². The van der Waals surface area contributed by atoms with Crippen molar-refractivity contribution in [1.82, 2.24) is 20.3 Å². The average molecular weight is 252 g/mol. The zero-order valence-electron chi connectivity index (χ0n) is 9.74. The Hall–Kier alpha value is -3.01. The summed E-state index contributed by atoms with van der Waals surface area (Å²) in [6, 6.07) is 9.48. The third-order valence-corrected chi connectivity index (χ3v) is 2.60. The predicted octanol–water partition coefficient (Wildman–Crippen LogP) is 1.50. The van der Waals surface area contributed by atoms with E-state index in [1.54, 1.807) is 0 Å². The lowest BCUT2D eigenvalue weighted by atomic mass is 10.1. The van der Waals surface area contributed by atoms with E-state index < -0.39 is 0 Å². The highest BCUT2D eigenvalue weighted by atomic mass is 16.5. The first-order chi connectivity index (χ1) is 9.38. The summed E-state index contributed by atoms with van der Waals surface area (Å²) in [7, 11) is 0. The molecule has 0 saturated heterocycles. The normalized spacial score (nSPS) is 10.3. The Kier molecular flexibility index (Phi) is 2.74. The van der Waals surface area contributed by atoms with Crippen LogP contribution in [0.25, 0.3) is 10.9 Å². The molecule has 7 nitrogen and oxygen atoms in total. The summed E-state index contributed by atoms with van der Waals surface area (Å²) in [5.41, 5.74) is 1.58. The minimum absolute atomic E-state index is 0.238. The van der Waals surface area contributed by atoms with Crippen LogP contribution >= 0.6 is 0 Å². The molecule has 3 rings (SSSR count). The number of nitrogens with zero attached hydrogens (tertiary/aromatic N) is 5. The summed E-state index contributed by atoms with van der Waals surface area (Å²) in [4.78, 5) is 3.91. The first-order valence-electron chi connectivity index (χ1n) is 5.53. The fourth-order valence-corrected chi connectivity index (χ4v) is 1.75. The second-order valence-electron chi connectivity index (χ2n) is 3.75. The molecule has 0 atom stereocenters. The molecule has 7 heteroatoms. The molecule has 0 bridgehead atoms. The zero-order chi connectivity index (χ0) is 13.1. The van der Waals surface area contributed by atoms with E-state index in [4.69, 9.17) is 5.26 Å². The maximum atomic E-state index is 9.09. The maximum Gasteiger partial charge on any atom is 0.213 e. The van der Waals surface area contributed by atoms with Gasteiger partial charge in [0.1, 0.15) is 6.07 Å². The van der Waals surface area contributed by atoms with Gasteiger partial charge in [-0.3, -0.25) is 0 Å². The van der Waals surface area contributed by atoms with E-state index in [1.165, 1.54) is 6.39 Å². The standard InChI is InChI=1S/C12H8N6O/c13-5-10-12(14-6-11-15-7-19-18-11)8-3-1-2-4-9(8)16-17-10/h1-4,7H,6H2,(H,14,16). The SMILES string of the molecule is N#Cc1nnc2ccccc2c1NCc1ncon1. The van der Waals surface area contributed by atoms with E-state index in [0.717, 1.165) is 10.9 Å². The van der Waals surface area contributed by atoms with Crippen LogP contribution in [0.2, 0.25) is 0 Å². The van der Waals surface area contributed by atoms with Gasteiger partial charge in [-0.25, -0.2) is 0 Å². The summed E-state index contributed by atoms with van der Waals surface area (Å²) >= 11 is 0. The van der Waals surface area contributed by atoms with Crippen molar-refractivity contribution < 1.29 is 4.52 Å². The monoisotopic (exact) mass is 252 g/mol. The molecular weight excluding hydrogens is 244 g/mol. The number of fused-ring (bicyclic) bond motifs is 1. The Morgan fingerprint density at radius 2 is 2.16 bits per heavy atom. The molecule has 0 spiro atoms. The molecule has 0 aliphatic heterocycles. The van der Waals surface area contributed by atoms with Crippen LogP contribution in [-0.4, -0.2) is 20.3 Å². The van der Waals surface area contributed by atoms with Gasteiger partial charge < -0.3 is 9.84 Å². The lowest BCUT2D eigenvalue weighted by Crippen LogP contribution is -2.05. The van der Waals surface area contributed by atoms with E-state index in [2.05, 4.69) is 30.2 Å². The molecule has 0 fully saturated rings. The van der Waals surface area contributed by atoms with E-state index in [1.807, 2.05) is 30.3 Å². The summed E-state index contributed by atoms with van der Waals surface area (Å²) in [6.45, 7) is 0.348. The van der Waals surface area contributed by atoms with Gasteiger partial charge in [-0.2, -0.15) is 10.2 Å². The number of hydrogen-bond donors (Lipinski definition) is 1. The molecular formula is C12H8N6O. The highest BCUT2D eigenvalue weighted by Crippen LogP contribution is 2.23. The van der Waals surface area contributed by atoms with Crippen LogP contribution in [0, 0.1) is 11.3 Å². The van der Waals surface area contributed by atoms with Gasteiger partial charge in [0.25, 0.3) is 0 Å². The molecule has 0 amide bonds. The molecule has 3 aromatic rings. The quantitative estimate of drug-likeness (QED) is 0.753. The van der Waals surface area contributed by atoms with Crippen molar-refractivity contribution in [1.29, 1.82) is 5.26 Å². The minimum Gasteiger partial charge on any atom is -0.375 e. The maximum absolute atomic E-state index is 9.09. The molecule has 0 saturated carbocycles. The van der Waals surface area contributed by atoms with Crippen molar-refractivity contribution in [2.45, 2.75) is 6.54 Å². The number of anilines is 1. The smallest absolute Gasteiger partial charge is 0.213 e. The third-order valence-electron chi connectivity index (χ3n) is 2.60.